The van der Waals surface area contributed by atoms with Crippen LogP contribution in [0.3, 0.4) is 0 Å². The molecular weight excluding hydrogens is 336 g/mol. The third kappa shape index (κ3) is 3.16. The minimum atomic E-state index is -1.30. The molecule has 1 aromatic heterocycles. The normalized spacial score (nSPS) is 10.7. The molecule has 0 fully saturated rings. The van der Waals surface area contributed by atoms with Crippen LogP contribution in [0.15, 0.2) is 51.7 Å². The number of carboxylic acids is 1. The first-order chi connectivity index (χ1) is 11.4. The minimum absolute atomic E-state index is 0.00178. The van der Waals surface area contributed by atoms with Crippen LogP contribution in [0.2, 0.25) is 5.02 Å². The van der Waals surface area contributed by atoms with Gasteiger partial charge < -0.3 is 19.6 Å². The fourth-order valence-corrected chi connectivity index (χ4v) is 2.39. The van der Waals surface area contributed by atoms with Gasteiger partial charge in [0.05, 0.1) is 11.5 Å². The van der Waals surface area contributed by atoms with Crippen molar-refractivity contribution >= 4 is 40.3 Å². The number of nitrogens with zero attached hydrogens (tertiary/aromatic N) is 1. The van der Waals surface area contributed by atoms with Crippen LogP contribution in [-0.4, -0.2) is 16.4 Å². The molecule has 0 aliphatic heterocycles. The summed E-state index contributed by atoms with van der Waals surface area (Å²) in [4.78, 5) is 34.6. The summed E-state index contributed by atoms with van der Waals surface area (Å²) in [6, 6.07) is 10.2. The van der Waals surface area contributed by atoms with Gasteiger partial charge in [-0.05, 0) is 29.8 Å². The van der Waals surface area contributed by atoms with E-state index in [-0.39, 0.29) is 12.1 Å². The van der Waals surface area contributed by atoms with Gasteiger partial charge >= 0.3 is 5.76 Å². The van der Waals surface area contributed by atoms with Crippen LogP contribution in [0.4, 0.5) is 5.69 Å². The fourth-order valence-electron chi connectivity index (χ4n) is 2.22. The summed E-state index contributed by atoms with van der Waals surface area (Å²) in [7, 11) is 0. The number of carbonyl (C=O) groups is 2. The van der Waals surface area contributed by atoms with Crippen molar-refractivity contribution in [1.29, 1.82) is 0 Å². The van der Waals surface area contributed by atoms with E-state index in [0.29, 0.717) is 21.8 Å². The first-order valence-electron chi connectivity index (χ1n) is 6.84. The van der Waals surface area contributed by atoms with Gasteiger partial charge in [-0.1, -0.05) is 23.7 Å². The summed E-state index contributed by atoms with van der Waals surface area (Å²) in [6.07, 6.45) is 0. The lowest BCUT2D eigenvalue weighted by Crippen LogP contribution is -2.25. The molecule has 0 aliphatic carbocycles. The molecule has 122 valence electrons. The van der Waals surface area contributed by atoms with E-state index in [2.05, 4.69) is 5.32 Å². The molecule has 1 amide bonds. The topological polar surface area (TPSA) is 104 Å². The highest BCUT2D eigenvalue weighted by Crippen LogP contribution is 2.18. The Hall–Kier alpha value is -3.06. The maximum atomic E-state index is 12.1. The van der Waals surface area contributed by atoms with E-state index >= 15 is 0 Å². The number of carbonyl (C=O) groups excluding carboxylic acids is 2. The zero-order chi connectivity index (χ0) is 17.3. The van der Waals surface area contributed by atoms with E-state index in [4.69, 9.17) is 16.0 Å². The van der Waals surface area contributed by atoms with Crippen LogP contribution in [0.5, 0.6) is 0 Å². The number of benzene rings is 2. The second-order valence-corrected chi connectivity index (χ2v) is 5.42. The largest absolute Gasteiger partial charge is 0.545 e. The lowest BCUT2D eigenvalue weighted by atomic mass is 10.2. The second-order valence-electron chi connectivity index (χ2n) is 4.98. The number of fused-ring (bicyclic) bond motifs is 1. The van der Waals surface area contributed by atoms with Gasteiger partial charge in [-0.2, -0.15) is 0 Å². The number of hydrogen-bond donors (Lipinski definition) is 1. The monoisotopic (exact) mass is 345 g/mol. The van der Waals surface area contributed by atoms with E-state index < -0.39 is 17.6 Å². The van der Waals surface area contributed by atoms with Crippen LogP contribution in [0, 0.1) is 0 Å². The van der Waals surface area contributed by atoms with Gasteiger partial charge in [0.2, 0.25) is 5.91 Å². The van der Waals surface area contributed by atoms with Crippen LogP contribution in [0.25, 0.3) is 11.1 Å². The molecule has 1 heterocycles. The third-order valence-electron chi connectivity index (χ3n) is 3.34. The molecule has 0 saturated carbocycles. The molecule has 2 aromatic carbocycles. The van der Waals surface area contributed by atoms with Gasteiger partial charge in [0.15, 0.2) is 5.58 Å². The third-order valence-corrected chi connectivity index (χ3v) is 3.57. The minimum Gasteiger partial charge on any atom is -0.545 e. The molecule has 0 saturated heterocycles. The van der Waals surface area contributed by atoms with Gasteiger partial charge in [0.1, 0.15) is 6.54 Å². The van der Waals surface area contributed by atoms with Gasteiger partial charge in [0, 0.05) is 16.8 Å². The number of halogens is 1. The van der Waals surface area contributed by atoms with E-state index in [1.807, 2.05) is 0 Å². The smallest absolute Gasteiger partial charge is 0.420 e. The van der Waals surface area contributed by atoms with Gasteiger partial charge in [0.25, 0.3) is 0 Å². The molecular formula is C16H10ClN2O5-. The number of aromatic nitrogens is 1. The fraction of sp³-hybridized carbons (Fsp3) is 0.0625. The quantitative estimate of drug-likeness (QED) is 0.766. The molecule has 0 radical (unpaired) electrons. The Kier molecular flexibility index (Phi) is 4.09. The molecule has 24 heavy (non-hydrogen) atoms. The number of oxazole rings is 1. The highest BCUT2D eigenvalue weighted by molar-refractivity contribution is 6.31. The Labute approximate surface area is 140 Å². The number of anilines is 1. The number of carboxylic acid groups (broad SMARTS) is 1. The van der Waals surface area contributed by atoms with Crippen molar-refractivity contribution in [3.8, 4) is 0 Å². The summed E-state index contributed by atoms with van der Waals surface area (Å²) in [5.74, 6) is -2.44. The lowest BCUT2D eigenvalue weighted by Gasteiger charge is -2.07. The van der Waals surface area contributed by atoms with Crippen molar-refractivity contribution in [3.05, 3.63) is 63.6 Å². The second kappa shape index (κ2) is 6.21. The Bertz CT molecular complexity index is 988. The average molecular weight is 346 g/mol. The van der Waals surface area contributed by atoms with Crippen molar-refractivity contribution in [2.75, 3.05) is 5.32 Å². The number of amides is 1. The predicted molar refractivity (Wildman–Crippen MR) is 84.9 cm³/mol. The van der Waals surface area contributed by atoms with E-state index in [9.17, 15) is 19.5 Å². The van der Waals surface area contributed by atoms with Crippen LogP contribution >= 0.6 is 11.6 Å². The van der Waals surface area contributed by atoms with E-state index in [1.54, 1.807) is 12.1 Å². The van der Waals surface area contributed by atoms with Crippen molar-refractivity contribution in [2.45, 2.75) is 6.54 Å². The average Bonchev–Trinajstić information content (AvgIpc) is 2.82. The van der Waals surface area contributed by atoms with E-state index in [1.165, 1.54) is 34.9 Å². The van der Waals surface area contributed by atoms with Crippen LogP contribution < -0.4 is 16.2 Å². The Morgan fingerprint density at radius 3 is 2.54 bits per heavy atom. The van der Waals surface area contributed by atoms with Crippen molar-refractivity contribution in [1.82, 2.24) is 4.57 Å². The summed E-state index contributed by atoms with van der Waals surface area (Å²) < 4.78 is 6.22. The first kappa shape index (κ1) is 15.8. The highest BCUT2D eigenvalue weighted by atomic mass is 35.5. The van der Waals surface area contributed by atoms with E-state index in [0.717, 1.165) is 0 Å². The number of rotatable bonds is 4. The number of nitrogens with one attached hydrogen (secondary N) is 1. The molecule has 0 spiro atoms. The van der Waals surface area contributed by atoms with Crippen LogP contribution in [0.1, 0.15) is 10.4 Å². The molecule has 1 N–H and O–H groups in total. The highest BCUT2D eigenvalue weighted by Gasteiger charge is 2.13. The zero-order valence-electron chi connectivity index (χ0n) is 12.1. The standard InChI is InChI=1S/C16H11ClN2O5/c17-10-3-6-12-13(7-10)24-16(23)19(12)8-14(20)18-11-4-1-9(2-5-11)15(21)22/h1-7H,8H2,(H,18,20)(H,21,22)/p-1. The SMILES string of the molecule is O=C(Cn1c(=O)oc2cc(Cl)ccc21)Nc1ccc(C(=O)[O-])cc1. The molecule has 0 unspecified atom stereocenters. The molecule has 0 aliphatic rings. The van der Waals surface area contributed by atoms with Gasteiger partial charge in [-0.25, -0.2) is 4.79 Å². The molecule has 3 aromatic rings. The number of aromatic carboxylic acids is 1. The van der Waals surface area contributed by atoms with Crippen molar-refractivity contribution < 1.29 is 19.1 Å². The molecule has 8 heteroatoms. The van der Waals surface area contributed by atoms with Gasteiger partial charge in [-0.15, -0.1) is 0 Å². The molecule has 0 bridgehead atoms. The van der Waals surface area contributed by atoms with Gasteiger partial charge in [-0.3, -0.25) is 9.36 Å². The lowest BCUT2D eigenvalue weighted by molar-refractivity contribution is -0.255. The molecule has 3 rings (SSSR count). The summed E-state index contributed by atoms with van der Waals surface area (Å²) in [5, 5.41) is 13.7. The van der Waals surface area contributed by atoms with Crippen molar-refractivity contribution in [2.24, 2.45) is 0 Å². The first-order valence-corrected chi connectivity index (χ1v) is 7.22. The molecule has 0 atom stereocenters. The Balaban J connectivity index is 1.79. The molecule has 7 nitrogen and oxygen atoms in total. The predicted octanol–water partition coefficient (Wildman–Crippen LogP) is 1.25. The maximum absolute atomic E-state index is 12.1. The van der Waals surface area contributed by atoms with Crippen LogP contribution in [-0.2, 0) is 11.3 Å². The summed E-state index contributed by atoms with van der Waals surface area (Å²) >= 11 is 5.83. The zero-order valence-corrected chi connectivity index (χ0v) is 12.9. The summed E-state index contributed by atoms with van der Waals surface area (Å²) in [5.41, 5.74) is 1.14. The maximum Gasteiger partial charge on any atom is 0.420 e. The summed E-state index contributed by atoms with van der Waals surface area (Å²) in [6.45, 7) is -0.254. The Morgan fingerprint density at radius 1 is 1.17 bits per heavy atom. The Morgan fingerprint density at radius 2 is 1.88 bits per heavy atom. The number of hydrogen-bond acceptors (Lipinski definition) is 5. The van der Waals surface area contributed by atoms with Crippen molar-refractivity contribution in [3.63, 3.8) is 0 Å².